The van der Waals surface area contributed by atoms with Crippen LogP contribution >= 0.6 is 11.3 Å². The summed E-state index contributed by atoms with van der Waals surface area (Å²) in [5.74, 6) is 0.00331. The minimum atomic E-state index is -0.0860. The van der Waals surface area contributed by atoms with Gasteiger partial charge in [0.1, 0.15) is 10.7 Å². The lowest BCUT2D eigenvalue weighted by Gasteiger charge is -2.00. The fourth-order valence-electron chi connectivity index (χ4n) is 2.57. The molecule has 1 atom stereocenters. The highest BCUT2D eigenvalue weighted by Crippen LogP contribution is 2.32. The average Bonchev–Trinajstić information content (AvgIpc) is 3.15. The SMILES string of the molecule is O=C1NCCC1c1nc(-c2c[nH]c3ncccc23)cs1. The Kier molecular flexibility index (Phi) is 2.56. The van der Waals surface area contributed by atoms with Gasteiger partial charge < -0.3 is 10.3 Å². The molecule has 0 bridgehead atoms. The highest BCUT2D eigenvalue weighted by Gasteiger charge is 2.28. The van der Waals surface area contributed by atoms with Gasteiger partial charge in [0.25, 0.3) is 0 Å². The normalized spacial score (nSPS) is 18.6. The Hall–Kier alpha value is -2.21. The number of pyridine rings is 1. The van der Waals surface area contributed by atoms with Crippen LogP contribution in [0.15, 0.2) is 29.9 Å². The summed E-state index contributed by atoms with van der Waals surface area (Å²) in [6, 6.07) is 3.94. The van der Waals surface area contributed by atoms with Gasteiger partial charge in [0.2, 0.25) is 5.91 Å². The topological polar surface area (TPSA) is 70.7 Å². The van der Waals surface area contributed by atoms with E-state index in [1.807, 2.05) is 23.7 Å². The molecule has 4 heterocycles. The molecule has 20 heavy (non-hydrogen) atoms. The highest BCUT2D eigenvalue weighted by atomic mass is 32.1. The molecule has 5 nitrogen and oxygen atoms in total. The number of nitrogens with zero attached hydrogens (tertiary/aromatic N) is 2. The number of carbonyl (C=O) groups is 1. The van der Waals surface area contributed by atoms with E-state index in [4.69, 9.17) is 0 Å². The third-order valence-corrected chi connectivity index (χ3v) is 4.55. The van der Waals surface area contributed by atoms with Gasteiger partial charge in [0.15, 0.2) is 0 Å². The maximum absolute atomic E-state index is 11.7. The Morgan fingerprint density at radius 3 is 3.20 bits per heavy atom. The lowest BCUT2D eigenvalue weighted by molar-refractivity contribution is -0.120. The summed E-state index contributed by atoms with van der Waals surface area (Å²) >= 11 is 1.55. The van der Waals surface area contributed by atoms with E-state index in [1.165, 1.54) is 0 Å². The molecular formula is C14H12N4OS. The van der Waals surface area contributed by atoms with E-state index in [-0.39, 0.29) is 11.8 Å². The molecule has 6 heteroatoms. The third-order valence-electron chi connectivity index (χ3n) is 3.60. The van der Waals surface area contributed by atoms with Gasteiger partial charge in [-0.25, -0.2) is 9.97 Å². The van der Waals surface area contributed by atoms with E-state index >= 15 is 0 Å². The van der Waals surface area contributed by atoms with Crippen molar-refractivity contribution in [3.63, 3.8) is 0 Å². The summed E-state index contributed by atoms with van der Waals surface area (Å²) < 4.78 is 0. The number of hydrogen-bond acceptors (Lipinski definition) is 4. The summed E-state index contributed by atoms with van der Waals surface area (Å²) in [7, 11) is 0. The molecule has 1 aliphatic rings. The summed E-state index contributed by atoms with van der Waals surface area (Å²) in [6.45, 7) is 0.745. The molecule has 100 valence electrons. The van der Waals surface area contributed by atoms with E-state index in [2.05, 4.69) is 20.3 Å². The second kappa shape index (κ2) is 4.42. The van der Waals surface area contributed by atoms with Crippen molar-refractivity contribution in [3.8, 4) is 11.3 Å². The molecule has 1 saturated heterocycles. The molecule has 1 fully saturated rings. The largest absolute Gasteiger partial charge is 0.355 e. The fraction of sp³-hybridized carbons (Fsp3) is 0.214. The first-order valence-corrected chi connectivity index (χ1v) is 7.36. The third kappa shape index (κ3) is 1.72. The molecule has 3 aromatic heterocycles. The Bertz CT molecular complexity index is 791. The number of fused-ring (bicyclic) bond motifs is 1. The van der Waals surface area contributed by atoms with Gasteiger partial charge in [-0.15, -0.1) is 11.3 Å². The van der Waals surface area contributed by atoms with Crippen LogP contribution in [0.2, 0.25) is 0 Å². The van der Waals surface area contributed by atoms with Crippen molar-refractivity contribution < 1.29 is 4.79 Å². The average molecular weight is 284 g/mol. The van der Waals surface area contributed by atoms with E-state index in [0.717, 1.165) is 40.3 Å². The van der Waals surface area contributed by atoms with Crippen molar-refractivity contribution in [1.82, 2.24) is 20.3 Å². The summed E-state index contributed by atoms with van der Waals surface area (Å²) in [5, 5.41) is 6.82. The Morgan fingerprint density at radius 2 is 2.35 bits per heavy atom. The lowest BCUT2D eigenvalue weighted by Crippen LogP contribution is -2.17. The first-order valence-electron chi connectivity index (χ1n) is 6.48. The fourth-order valence-corrected chi connectivity index (χ4v) is 3.52. The number of rotatable bonds is 2. The van der Waals surface area contributed by atoms with Crippen LogP contribution in [0.25, 0.3) is 22.3 Å². The molecule has 4 rings (SSSR count). The molecule has 0 saturated carbocycles. The first-order chi connectivity index (χ1) is 9.83. The van der Waals surface area contributed by atoms with Gasteiger partial charge in [0, 0.05) is 35.3 Å². The van der Waals surface area contributed by atoms with Crippen molar-refractivity contribution in [3.05, 3.63) is 34.9 Å². The molecule has 1 amide bonds. The van der Waals surface area contributed by atoms with Crippen LogP contribution in [0.4, 0.5) is 0 Å². The van der Waals surface area contributed by atoms with Crippen molar-refractivity contribution in [2.75, 3.05) is 6.54 Å². The van der Waals surface area contributed by atoms with Crippen LogP contribution in [-0.4, -0.2) is 27.4 Å². The van der Waals surface area contributed by atoms with Crippen LogP contribution in [0, 0.1) is 0 Å². The van der Waals surface area contributed by atoms with Crippen LogP contribution in [0.3, 0.4) is 0 Å². The van der Waals surface area contributed by atoms with Crippen molar-refractivity contribution in [2.45, 2.75) is 12.3 Å². The van der Waals surface area contributed by atoms with Crippen LogP contribution in [0.1, 0.15) is 17.3 Å². The number of thiazole rings is 1. The van der Waals surface area contributed by atoms with Gasteiger partial charge >= 0.3 is 0 Å². The smallest absolute Gasteiger partial charge is 0.230 e. The molecular weight excluding hydrogens is 272 g/mol. The number of carbonyl (C=O) groups excluding carboxylic acids is 1. The molecule has 0 aromatic carbocycles. The molecule has 1 aliphatic heterocycles. The predicted octanol–water partition coefficient (Wildman–Crippen LogP) is 2.29. The van der Waals surface area contributed by atoms with Gasteiger partial charge in [-0.05, 0) is 18.6 Å². The van der Waals surface area contributed by atoms with Crippen molar-refractivity contribution in [2.24, 2.45) is 0 Å². The summed E-state index contributed by atoms with van der Waals surface area (Å²) in [4.78, 5) is 23.8. The predicted molar refractivity (Wildman–Crippen MR) is 77.6 cm³/mol. The number of aromatic amines is 1. The van der Waals surface area contributed by atoms with Gasteiger partial charge in [-0.2, -0.15) is 0 Å². The van der Waals surface area contributed by atoms with E-state index < -0.39 is 0 Å². The maximum atomic E-state index is 11.7. The molecule has 1 unspecified atom stereocenters. The standard InChI is InChI=1S/C14H12N4OS/c19-13-9(3-5-16-13)14-18-11(7-20-14)10-6-17-12-8(10)2-1-4-15-12/h1-2,4,6-7,9H,3,5H2,(H,15,17)(H,16,19). The second-order valence-corrected chi connectivity index (χ2v) is 5.69. The monoisotopic (exact) mass is 284 g/mol. The molecule has 0 aliphatic carbocycles. The molecule has 0 radical (unpaired) electrons. The number of amides is 1. The summed E-state index contributed by atoms with van der Waals surface area (Å²) in [5.41, 5.74) is 2.80. The zero-order valence-corrected chi connectivity index (χ0v) is 11.4. The Labute approximate surface area is 119 Å². The summed E-state index contributed by atoms with van der Waals surface area (Å²) in [6.07, 6.45) is 4.52. The van der Waals surface area contributed by atoms with Crippen molar-refractivity contribution >= 4 is 28.3 Å². The quantitative estimate of drug-likeness (QED) is 0.758. The number of hydrogen-bond donors (Lipinski definition) is 2. The van der Waals surface area contributed by atoms with Crippen LogP contribution in [0.5, 0.6) is 0 Å². The van der Waals surface area contributed by atoms with Crippen LogP contribution < -0.4 is 5.32 Å². The minimum absolute atomic E-state index is 0.0860. The number of H-pyrrole nitrogens is 1. The zero-order chi connectivity index (χ0) is 13.5. The van der Waals surface area contributed by atoms with Gasteiger partial charge in [-0.3, -0.25) is 4.79 Å². The van der Waals surface area contributed by atoms with Gasteiger partial charge in [-0.1, -0.05) is 0 Å². The molecule has 0 spiro atoms. The second-order valence-electron chi connectivity index (χ2n) is 4.81. The van der Waals surface area contributed by atoms with E-state index in [1.54, 1.807) is 17.5 Å². The Balaban J connectivity index is 1.76. The molecule has 2 N–H and O–H groups in total. The lowest BCUT2D eigenvalue weighted by atomic mass is 10.1. The zero-order valence-electron chi connectivity index (χ0n) is 10.6. The molecule has 3 aromatic rings. The number of aromatic nitrogens is 3. The van der Waals surface area contributed by atoms with Crippen LogP contribution in [-0.2, 0) is 4.79 Å². The number of nitrogens with one attached hydrogen (secondary N) is 2. The minimum Gasteiger partial charge on any atom is -0.355 e. The maximum Gasteiger partial charge on any atom is 0.230 e. The Morgan fingerprint density at radius 1 is 1.40 bits per heavy atom. The van der Waals surface area contributed by atoms with Gasteiger partial charge in [0.05, 0.1) is 11.6 Å². The van der Waals surface area contributed by atoms with E-state index in [9.17, 15) is 4.79 Å². The highest BCUT2D eigenvalue weighted by molar-refractivity contribution is 7.10. The van der Waals surface area contributed by atoms with Crippen molar-refractivity contribution in [1.29, 1.82) is 0 Å². The first kappa shape index (κ1) is 11.6. The van der Waals surface area contributed by atoms with E-state index in [0.29, 0.717) is 0 Å².